The minimum Gasteiger partial charge on any atom is -0.478 e. The monoisotopic (exact) mass is 416 g/mol. The number of carbonyl (C=O) groups is 2. The van der Waals surface area contributed by atoms with Crippen LogP contribution in [0.1, 0.15) is 21.5 Å². The van der Waals surface area contributed by atoms with E-state index in [1.807, 2.05) is 60.7 Å². The predicted octanol–water partition coefficient (Wildman–Crippen LogP) is 4.76. The Labute approximate surface area is 179 Å². The van der Waals surface area contributed by atoms with Gasteiger partial charge in [-0.2, -0.15) is 0 Å². The second kappa shape index (κ2) is 8.97. The van der Waals surface area contributed by atoms with Gasteiger partial charge < -0.3 is 5.11 Å². The summed E-state index contributed by atoms with van der Waals surface area (Å²) < 4.78 is 0. The highest BCUT2D eigenvalue weighted by atomic mass is 32.2. The van der Waals surface area contributed by atoms with Gasteiger partial charge in [-0.1, -0.05) is 72.4 Å². The van der Waals surface area contributed by atoms with Gasteiger partial charge in [0.25, 0.3) is 0 Å². The lowest BCUT2D eigenvalue weighted by Gasteiger charge is -2.16. The van der Waals surface area contributed by atoms with Crippen molar-refractivity contribution in [3.8, 4) is 0 Å². The molecule has 1 atom stereocenters. The van der Waals surface area contributed by atoms with Gasteiger partial charge in [0.2, 0.25) is 5.91 Å². The maximum absolute atomic E-state index is 13.2. The highest BCUT2D eigenvalue weighted by molar-refractivity contribution is 8.15. The third-order valence-electron chi connectivity index (χ3n) is 4.81. The first-order valence-corrected chi connectivity index (χ1v) is 10.5. The number of amides is 1. The second-order valence-electron chi connectivity index (χ2n) is 6.95. The first kappa shape index (κ1) is 19.9. The molecule has 30 heavy (non-hydrogen) atoms. The van der Waals surface area contributed by atoms with Gasteiger partial charge in [-0.15, -0.1) is 0 Å². The molecular weight excluding hydrogens is 396 g/mol. The highest BCUT2D eigenvalue weighted by Crippen LogP contribution is 2.33. The zero-order valence-corrected chi connectivity index (χ0v) is 17.0. The molecule has 1 N–H and O–H groups in total. The minimum absolute atomic E-state index is 0.0358. The molecular formula is C24H20N2O3S. The van der Waals surface area contributed by atoms with Crippen molar-refractivity contribution in [2.75, 3.05) is 0 Å². The molecule has 1 unspecified atom stereocenters. The van der Waals surface area contributed by atoms with Crippen LogP contribution in [0.4, 0.5) is 5.69 Å². The Hall–Kier alpha value is -3.38. The zero-order valence-electron chi connectivity index (χ0n) is 16.1. The number of hydrogen-bond acceptors (Lipinski definition) is 4. The number of rotatable bonds is 6. The van der Waals surface area contributed by atoms with Crippen LogP contribution in [-0.4, -0.2) is 32.3 Å². The van der Waals surface area contributed by atoms with E-state index in [9.17, 15) is 9.59 Å². The van der Waals surface area contributed by atoms with Crippen molar-refractivity contribution in [3.63, 3.8) is 0 Å². The molecule has 1 amide bonds. The Morgan fingerprint density at radius 3 is 2.10 bits per heavy atom. The molecule has 1 aliphatic heterocycles. The normalized spacial score (nSPS) is 17.5. The topological polar surface area (TPSA) is 70.0 Å². The van der Waals surface area contributed by atoms with Crippen LogP contribution in [0.15, 0.2) is 89.9 Å². The van der Waals surface area contributed by atoms with Crippen LogP contribution in [0, 0.1) is 0 Å². The van der Waals surface area contributed by atoms with Gasteiger partial charge in [-0.25, -0.2) is 9.79 Å². The number of aromatic carboxylic acids is 1. The summed E-state index contributed by atoms with van der Waals surface area (Å²) in [5.74, 6) is -0.943. The Kier molecular flexibility index (Phi) is 5.95. The molecule has 3 aromatic carbocycles. The number of nitrogens with zero attached hydrogens (tertiary/aromatic N) is 2. The van der Waals surface area contributed by atoms with E-state index in [-0.39, 0.29) is 16.7 Å². The third-order valence-corrected chi connectivity index (χ3v) is 5.98. The molecule has 0 radical (unpaired) electrons. The van der Waals surface area contributed by atoms with Gasteiger partial charge in [0.15, 0.2) is 5.17 Å². The summed E-state index contributed by atoms with van der Waals surface area (Å²) in [6.45, 7) is 0.448. The molecule has 150 valence electrons. The summed E-state index contributed by atoms with van der Waals surface area (Å²) in [5.41, 5.74) is 2.96. The lowest BCUT2D eigenvalue weighted by atomic mass is 10.1. The average molecular weight is 417 g/mol. The van der Waals surface area contributed by atoms with Gasteiger partial charge >= 0.3 is 5.97 Å². The van der Waals surface area contributed by atoms with Crippen molar-refractivity contribution in [2.24, 2.45) is 4.99 Å². The molecule has 0 bridgehead atoms. The van der Waals surface area contributed by atoms with Crippen LogP contribution in [0.25, 0.3) is 0 Å². The van der Waals surface area contributed by atoms with E-state index in [4.69, 9.17) is 5.11 Å². The van der Waals surface area contributed by atoms with E-state index in [2.05, 4.69) is 4.99 Å². The van der Waals surface area contributed by atoms with Gasteiger partial charge in [-0.05, 0) is 41.8 Å². The van der Waals surface area contributed by atoms with Crippen molar-refractivity contribution >= 4 is 34.5 Å². The van der Waals surface area contributed by atoms with Gasteiger partial charge in [0.1, 0.15) is 0 Å². The Morgan fingerprint density at radius 1 is 0.900 bits per heavy atom. The van der Waals surface area contributed by atoms with E-state index < -0.39 is 5.97 Å². The third kappa shape index (κ3) is 4.60. The summed E-state index contributed by atoms with van der Waals surface area (Å²) in [6.07, 6.45) is 0.632. The van der Waals surface area contributed by atoms with E-state index in [1.165, 1.54) is 23.9 Å². The van der Waals surface area contributed by atoms with E-state index in [0.29, 0.717) is 23.8 Å². The summed E-state index contributed by atoms with van der Waals surface area (Å²) >= 11 is 1.46. The molecule has 0 aromatic heterocycles. The Bertz CT molecular complexity index is 1070. The van der Waals surface area contributed by atoms with Gasteiger partial charge in [0.05, 0.1) is 23.0 Å². The number of thioether (sulfide) groups is 1. The number of aliphatic imine (C=N–C) groups is 1. The fourth-order valence-electron chi connectivity index (χ4n) is 3.25. The fraction of sp³-hybridized carbons (Fsp3) is 0.125. The minimum atomic E-state index is -0.978. The number of carboxylic acids is 1. The molecule has 1 fully saturated rings. The molecule has 4 rings (SSSR count). The molecule has 1 saturated heterocycles. The molecule has 5 nitrogen and oxygen atoms in total. The largest absolute Gasteiger partial charge is 0.478 e. The average Bonchev–Trinajstić information content (AvgIpc) is 3.04. The standard InChI is InChI=1S/C24H20N2O3S/c27-22-21(15-17-7-3-1-4-8-17)30-24(26(22)16-18-9-5-2-6-10-18)25-20-13-11-19(12-14-20)23(28)29/h1-14,21H,15-16H2,(H,28,29). The van der Waals surface area contributed by atoms with Crippen LogP contribution in [-0.2, 0) is 17.8 Å². The number of hydrogen-bond donors (Lipinski definition) is 1. The van der Waals surface area contributed by atoms with Crippen molar-refractivity contribution in [3.05, 3.63) is 102 Å². The number of carbonyl (C=O) groups excluding carboxylic acids is 1. The summed E-state index contributed by atoms with van der Waals surface area (Å²) in [5, 5.41) is 9.47. The quantitative estimate of drug-likeness (QED) is 0.629. The fourth-order valence-corrected chi connectivity index (χ4v) is 4.45. The van der Waals surface area contributed by atoms with Crippen LogP contribution in [0.5, 0.6) is 0 Å². The van der Waals surface area contributed by atoms with Crippen LogP contribution >= 0.6 is 11.8 Å². The summed E-state index contributed by atoms with van der Waals surface area (Å²) in [4.78, 5) is 30.7. The lowest BCUT2D eigenvalue weighted by Crippen LogP contribution is -2.32. The summed E-state index contributed by atoms with van der Waals surface area (Å²) in [7, 11) is 0. The highest BCUT2D eigenvalue weighted by Gasteiger charge is 2.38. The van der Waals surface area contributed by atoms with Crippen molar-refractivity contribution in [2.45, 2.75) is 18.2 Å². The second-order valence-corrected chi connectivity index (χ2v) is 8.12. The number of amidine groups is 1. The summed E-state index contributed by atoms with van der Waals surface area (Å²) in [6, 6.07) is 26.1. The molecule has 1 heterocycles. The van der Waals surface area contributed by atoms with Crippen LogP contribution < -0.4 is 0 Å². The number of carboxylic acid groups (broad SMARTS) is 1. The first-order valence-electron chi connectivity index (χ1n) is 9.58. The molecule has 1 aliphatic rings. The first-order chi connectivity index (χ1) is 14.6. The molecule has 0 saturated carbocycles. The zero-order chi connectivity index (χ0) is 20.9. The predicted molar refractivity (Wildman–Crippen MR) is 119 cm³/mol. The van der Waals surface area contributed by atoms with E-state index in [0.717, 1.165) is 11.1 Å². The van der Waals surface area contributed by atoms with Gasteiger partial charge in [0, 0.05) is 0 Å². The molecule has 0 aliphatic carbocycles. The Morgan fingerprint density at radius 2 is 1.50 bits per heavy atom. The van der Waals surface area contributed by atoms with Crippen molar-refractivity contribution in [1.29, 1.82) is 0 Å². The van der Waals surface area contributed by atoms with Crippen LogP contribution in [0.3, 0.4) is 0 Å². The molecule has 6 heteroatoms. The van der Waals surface area contributed by atoms with E-state index >= 15 is 0 Å². The smallest absolute Gasteiger partial charge is 0.335 e. The van der Waals surface area contributed by atoms with Crippen molar-refractivity contribution < 1.29 is 14.7 Å². The Balaban J connectivity index is 1.62. The maximum Gasteiger partial charge on any atom is 0.335 e. The van der Waals surface area contributed by atoms with E-state index in [1.54, 1.807) is 17.0 Å². The molecule has 3 aromatic rings. The maximum atomic E-state index is 13.2. The molecule has 0 spiro atoms. The van der Waals surface area contributed by atoms with Gasteiger partial charge in [-0.3, -0.25) is 9.69 Å². The lowest BCUT2D eigenvalue weighted by molar-refractivity contribution is -0.126. The van der Waals surface area contributed by atoms with Crippen molar-refractivity contribution in [1.82, 2.24) is 4.90 Å². The van der Waals surface area contributed by atoms with Crippen LogP contribution in [0.2, 0.25) is 0 Å². The SMILES string of the molecule is O=C(O)c1ccc(N=C2SC(Cc3ccccc3)C(=O)N2Cc2ccccc2)cc1. The number of benzene rings is 3.